The largest absolute Gasteiger partial charge is 0.488 e. The van der Waals surface area contributed by atoms with Crippen LogP contribution in [0.25, 0.3) is 0 Å². The summed E-state index contributed by atoms with van der Waals surface area (Å²) >= 11 is 5.51. The van der Waals surface area contributed by atoms with Crippen LogP contribution >= 0.6 is 31.5 Å². The molecule has 0 aliphatic rings. The number of carbonyl (C=O) groups is 1. The average molecular weight is 216 g/mol. The van der Waals surface area contributed by atoms with Gasteiger partial charge in [0.2, 0.25) is 0 Å². The van der Waals surface area contributed by atoms with E-state index in [-0.39, 0.29) is 0 Å². The van der Waals surface area contributed by atoms with E-state index in [1.165, 1.54) is 0 Å². The minimum absolute atomic E-state index is 0.606. The van der Waals surface area contributed by atoms with Gasteiger partial charge in [-0.3, -0.25) is 4.79 Å². The van der Waals surface area contributed by atoms with Gasteiger partial charge in [-0.1, -0.05) is 0 Å². The number of hydrogen-bond donors (Lipinski definition) is 1. The summed E-state index contributed by atoms with van der Waals surface area (Å²) in [6.07, 6.45) is 0. The standard InChI is InChI=1S/CHBBr2O2/c3-2(4)1(5)6/h(H,5,6). The fraction of sp³-hybridized carbons (Fsp3) is 0. The molecule has 0 aromatic carbocycles. The predicted molar refractivity (Wildman–Crippen MR) is 31.6 cm³/mol. The highest BCUT2D eigenvalue weighted by molar-refractivity contribution is 9.50. The molecule has 0 radical (unpaired) electrons. The molecule has 0 aliphatic heterocycles. The SMILES string of the molecule is O=C(O)B(Br)Br. The first-order valence-corrected chi connectivity index (χ1v) is 2.98. The molecule has 2 nitrogen and oxygen atoms in total. The smallest absolute Gasteiger partial charge is 0.425 e. The molecule has 34 valence electrons. The summed E-state index contributed by atoms with van der Waals surface area (Å²) in [6, 6.07) is 0. The van der Waals surface area contributed by atoms with Crippen LogP contribution in [0.1, 0.15) is 0 Å². The summed E-state index contributed by atoms with van der Waals surface area (Å²) in [5.74, 6) is -0.907. The normalized spacial score (nSPS) is 7.67. The first kappa shape index (κ1) is 6.49. The first-order valence-electron chi connectivity index (χ1n) is 1.15. The summed E-state index contributed by atoms with van der Waals surface area (Å²) in [6.45, 7) is 0. The van der Waals surface area contributed by atoms with Crippen LogP contribution in [0.3, 0.4) is 0 Å². The van der Waals surface area contributed by atoms with Crippen LogP contribution in [0.2, 0.25) is 0 Å². The fourth-order valence-electron chi connectivity index (χ4n) is 0. The minimum atomic E-state index is -0.907. The molecule has 0 atom stereocenters. The third-order valence-corrected chi connectivity index (χ3v) is 0.970. The van der Waals surface area contributed by atoms with Crippen molar-refractivity contribution >= 4 is 41.7 Å². The molecule has 0 bridgehead atoms. The van der Waals surface area contributed by atoms with E-state index in [0.717, 1.165) is 0 Å². The lowest BCUT2D eigenvalue weighted by molar-refractivity contribution is 0.220. The zero-order valence-electron chi connectivity index (χ0n) is 2.69. The molecule has 0 aromatic rings. The number of rotatable bonds is 1. The van der Waals surface area contributed by atoms with Gasteiger partial charge in [-0.15, -0.1) is 31.5 Å². The van der Waals surface area contributed by atoms with Gasteiger partial charge in [0.1, 0.15) is 0 Å². The molecule has 1 N–H and O–H groups in total. The van der Waals surface area contributed by atoms with Crippen molar-refractivity contribution in [3.8, 4) is 0 Å². The Hall–Kier alpha value is 0.495. The van der Waals surface area contributed by atoms with Crippen molar-refractivity contribution < 1.29 is 9.90 Å². The molecule has 0 fully saturated rings. The summed E-state index contributed by atoms with van der Waals surface area (Å²) < 4.78 is -0.606. The van der Waals surface area contributed by atoms with E-state index in [1.807, 2.05) is 0 Å². The maximum atomic E-state index is 9.61. The average Bonchev–Trinajstić information content (AvgIpc) is 1.36. The van der Waals surface area contributed by atoms with Gasteiger partial charge >= 0.3 is 4.36 Å². The van der Waals surface area contributed by atoms with E-state index < -0.39 is 10.2 Å². The van der Waals surface area contributed by atoms with Crippen molar-refractivity contribution in [1.29, 1.82) is 0 Å². The maximum Gasteiger partial charge on any atom is 0.425 e. The second-order valence-corrected chi connectivity index (χ2v) is 3.70. The quantitative estimate of drug-likeness (QED) is 0.674. The summed E-state index contributed by atoms with van der Waals surface area (Å²) in [4.78, 5) is 9.61. The summed E-state index contributed by atoms with van der Waals surface area (Å²) in [5.41, 5.74) is 0. The molecule has 0 saturated heterocycles. The Morgan fingerprint density at radius 1 is 1.67 bits per heavy atom. The number of halogens is 2. The molecule has 0 aromatic heterocycles. The van der Waals surface area contributed by atoms with Gasteiger partial charge in [0.15, 0.2) is 0 Å². The van der Waals surface area contributed by atoms with E-state index in [9.17, 15) is 4.79 Å². The Labute approximate surface area is 51.9 Å². The summed E-state index contributed by atoms with van der Waals surface area (Å²) in [7, 11) is 0. The predicted octanol–water partition coefficient (Wildman–Crippen LogP) is 1.52. The van der Waals surface area contributed by atoms with Crippen molar-refractivity contribution in [2.75, 3.05) is 0 Å². The lowest BCUT2D eigenvalue weighted by Crippen LogP contribution is -2.05. The fourth-order valence-corrected chi connectivity index (χ4v) is 0. The second-order valence-electron chi connectivity index (χ2n) is 0.639. The van der Waals surface area contributed by atoms with E-state index in [1.54, 1.807) is 0 Å². The number of hydrogen-bond acceptors (Lipinski definition) is 1. The molecule has 0 aliphatic carbocycles. The molecule has 0 heterocycles. The van der Waals surface area contributed by atoms with Gasteiger partial charge in [-0.2, -0.15) is 0 Å². The Morgan fingerprint density at radius 3 is 1.83 bits per heavy atom. The van der Waals surface area contributed by atoms with Crippen molar-refractivity contribution in [2.45, 2.75) is 0 Å². The lowest BCUT2D eigenvalue weighted by Gasteiger charge is -1.79. The molecule has 0 saturated carbocycles. The van der Waals surface area contributed by atoms with Crippen molar-refractivity contribution in [3.63, 3.8) is 0 Å². The highest BCUT2D eigenvalue weighted by Crippen LogP contribution is 2.01. The van der Waals surface area contributed by atoms with Crippen molar-refractivity contribution in [3.05, 3.63) is 0 Å². The highest BCUT2D eigenvalue weighted by atomic mass is 79.9. The monoisotopic (exact) mass is 214 g/mol. The van der Waals surface area contributed by atoms with Gasteiger partial charge in [-0.05, 0) is 0 Å². The van der Waals surface area contributed by atoms with Crippen LogP contribution in [0.5, 0.6) is 0 Å². The van der Waals surface area contributed by atoms with Gasteiger partial charge in [0.05, 0.1) is 0 Å². The maximum absolute atomic E-state index is 9.61. The Balaban J connectivity index is 3.26. The van der Waals surface area contributed by atoms with E-state index in [0.29, 0.717) is 0 Å². The van der Waals surface area contributed by atoms with Crippen LogP contribution in [0.15, 0.2) is 0 Å². The van der Waals surface area contributed by atoms with Gasteiger partial charge in [0.25, 0.3) is 5.87 Å². The van der Waals surface area contributed by atoms with E-state index >= 15 is 0 Å². The van der Waals surface area contributed by atoms with E-state index in [2.05, 4.69) is 31.5 Å². The molecule has 0 rings (SSSR count). The van der Waals surface area contributed by atoms with Crippen LogP contribution in [0, 0.1) is 0 Å². The Bertz CT molecular complexity index is 62.6. The zero-order chi connectivity index (χ0) is 5.15. The zero-order valence-corrected chi connectivity index (χ0v) is 5.86. The topological polar surface area (TPSA) is 37.3 Å². The first-order chi connectivity index (χ1) is 2.64. The van der Waals surface area contributed by atoms with Gasteiger partial charge < -0.3 is 5.11 Å². The summed E-state index contributed by atoms with van der Waals surface area (Å²) in [5, 5.41) is 7.90. The second kappa shape index (κ2) is 2.63. The molecule has 6 heavy (non-hydrogen) atoms. The Kier molecular flexibility index (Phi) is 2.85. The lowest BCUT2D eigenvalue weighted by atomic mass is 10.2. The van der Waals surface area contributed by atoms with Crippen LogP contribution in [-0.2, 0) is 0 Å². The van der Waals surface area contributed by atoms with Gasteiger partial charge in [-0.25, -0.2) is 0 Å². The molecule has 0 unspecified atom stereocenters. The molecular weight excluding hydrogens is 215 g/mol. The van der Waals surface area contributed by atoms with Gasteiger partial charge in [0, 0.05) is 0 Å². The molecule has 0 spiro atoms. The van der Waals surface area contributed by atoms with Crippen LogP contribution in [0.4, 0.5) is 4.79 Å². The number of carboxylic acid groups (broad SMARTS) is 1. The minimum Gasteiger partial charge on any atom is -0.488 e. The van der Waals surface area contributed by atoms with E-state index in [4.69, 9.17) is 5.11 Å². The molecule has 5 heteroatoms. The molecular formula is CHBBr2O2. The van der Waals surface area contributed by atoms with Crippen LogP contribution in [-0.4, -0.2) is 15.3 Å². The molecule has 0 amide bonds. The Morgan fingerprint density at radius 2 is 1.83 bits per heavy atom. The third kappa shape index (κ3) is 2.72. The van der Waals surface area contributed by atoms with Crippen LogP contribution < -0.4 is 0 Å². The third-order valence-electron chi connectivity index (χ3n) is 0.187. The highest BCUT2D eigenvalue weighted by Gasteiger charge is 2.12. The van der Waals surface area contributed by atoms with Crippen molar-refractivity contribution in [1.82, 2.24) is 0 Å². The van der Waals surface area contributed by atoms with Crippen molar-refractivity contribution in [2.24, 2.45) is 0 Å².